The topological polar surface area (TPSA) is 105 Å². The van der Waals surface area contributed by atoms with E-state index in [0.717, 1.165) is 24.0 Å². The standard InChI is InChI=1S/C32H42N2O5/c1-3-5-8-18-28(21-25-14-9-6-10-15-25)32(38)39-20-19-33-31(37)27(13-4-2)23-30(36)34-29(24-35)22-26-16-11-7-12-17-26/h3-4,6-7,9-12,14-17,27-29,35H,1-2,5,8,13,18-24H2,(H,33,37)(H,34,36)/t27-,28-,29+/m1/s1. The Labute approximate surface area is 232 Å². The van der Waals surface area contributed by atoms with Gasteiger partial charge in [-0.2, -0.15) is 0 Å². The van der Waals surface area contributed by atoms with Gasteiger partial charge in [0.05, 0.1) is 31.0 Å². The van der Waals surface area contributed by atoms with Crippen LogP contribution in [0.5, 0.6) is 0 Å². The van der Waals surface area contributed by atoms with E-state index in [4.69, 9.17) is 4.74 Å². The molecule has 7 nitrogen and oxygen atoms in total. The molecule has 2 aromatic carbocycles. The number of aliphatic hydroxyl groups is 1. The monoisotopic (exact) mass is 534 g/mol. The lowest BCUT2D eigenvalue weighted by molar-refractivity contribution is -0.149. The fourth-order valence-corrected chi connectivity index (χ4v) is 4.35. The van der Waals surface area contributed by atoms with E-state index in [2.05, 4.69) is 23.8 Å². The van der Waals surface area contributed by atoms with E-state index >= 15 is 0 Å². The number of carbonyl (C=O) groups is 3. The maximum Gasteiger partial charge on any atom is 0.309 e. The summed E-state index contributed by atoms with van der Waals surface area (Å²) in [5.41, 5.74) is 2.07. The number of hydrogen-bond acceptors (Lipinski definition) is 5. The largest absolute Gasteiger partial charge is 0.464 e. The molecule has 0 unspecified atom stereocenters. The minimum atomic E-state index is -0.612. The molecule has 210 valence electrons. The first-order valence-electron chi connectivity index (χ1n) is 13.6. The van der Waals surface area contributed by atoms with Crippen molar-refractivity contribution in [1.29, 1.82) is 0 Å². The van der Waals surface area contributed by atoms with Crippen LogP contribution in [-0.4, -0.2) is 48.7 Å². The molecule has 0 aliphatic heterocycles. The van der Waals surface area contributed by atoms with Gasteiger partial charge in [0.25, 0.3) is 0 Å². The number of aliphatic hydroxyl groups excluding tert-OH is 1. The molecule has 3 atom stereocenters. The average molecular weight is 535 g/mol. The van der Waals surface area contributed by atoms with Crippen LogP contribution < -0.4 is 10.6 Å². The summed E-state index contributed by atoms with van der Waals surface area (Å²) in [5.74, 6) is -1.79. The number of hydrogen-bond donors (Lipinski definition) is 3. The van der Waals surface area contributed by atoms with Crippen LogP contribution in [0.3, 0.4) is 0 Å². The molecule has 0 saturated carbocycles. The molecule has 0 bridgehead atoms. The van der Waals surface area contributed by atoms with Gasteiger partial charge in [0.2, 0.25) is 11.8 Å². The van der Waals surface area contributed by atoms with Crippen molar-refractivity contribution in [2.75, 3.05) is 19.8 Å². The van der Waals surface area contributed by atoms with E-state index in [9.17, 15) is 19.5 Å². The number of allylic oxidation sites excluding steroid dienone is 2. The van der Waals surface area contributed by atoms with Crippen molar-refractivity contribution >= 4 is 17.8 Å². The Balaban J connectivity index is 1.81. The van der Waals surface area contributed by atoms with Crippen LogP contribution in [0.25, 0.3) is 0 Å². The highest BCUT2D eigenvalue weighted by atomic mass is 16.5. The molecule has 0 fully saturated rings. The van der Waals surface area contributed by atoms with Crippen molar-refractivity contribution in [3.63, 3.8) is 0 Å². The molecule has 2 amide bonds. The van der Waals surface area contributed by atoms with Crippen molar-refractivity contribution in [3.8, 4) is 0 Å². The third kappa shape index (κ3) is 12.6. The zero-order valence-corrected chi connectivity index (χ0v) is 22.7. The first kappa shape index (κ1) is 31.5. The van der Waals surface area contributed by atoms with Crippen LogP contribution in [0.2, 0.25) is 0 Å². The van der Waals surface area contributed by atoms with E-state index in [1.165, 1.54) is 0 Å². The van der Waals surface area contributed by atoms with Crippen LogP contribution >= 0.6 is 0 Å². The van der Waals surface area contributed by atoms with Gasteiger partial charge in [-0.05, 0) is 49.7 Å². The quantitative estimate of drug-likeness (QED) is 0.143. The zero-order chi connectivity index (χ0) is 28.3. The predicted octanol–water partition coefficient (Wildman–Crippen LogP) is 4.16. The lowest BCUT2D eigenvalue weighted by Crippen LogP contribution is -2.42. The Bertz CT molecular complexity index is 1030. The van der Waals surface area contributed by atoms with Gasteiger partial charge < -0.3 is 20.5 Å². The van der Waals surface area contributed by atoms with Gasteiger partial charge in [0, 0.05) is 6.42 Å². The molecular formula is C32H42N2O5. The van der Waals surface area contributed by atoms with Crippen LogP contribution in [-0.2, 0) is 32.0 Å². The molecule has 0 heterocycles. The molecule has 0 aliphatic carbocycles. The van der Waals surface area contributed by atoms with Crippen molar-refractivity contribution in [3.05, 3.63) is 97.1 Å². The molecular weight excluding hydrogens is 492 g/mol. The van der Waals surface area contributed by atoms with Gasteiger partial charge in [-0.15, -0.1) is 13.2 Å². The lowest BCUT2D eigenvalue weighted by atomic mass is 9.94. The molecule has 0 radical (unpaired) electrons. The molecule has 3 N–H and O–H groups in total. The van der Waals surface area contributed by atoms with E-state index in [1.807, 2.05) is 66.7 Å². The highest BCUT2D eigenvalue weighted by Gasteiger charge is 2.23. The maximum absolute atomic E-state index is 12.8. The maximum atomic E-state index is 12.8. The van der Waals surface area contributed by atoms with Gasteiger partial charge in [-0.25, -0.2) is 0 Å². The molecule has 0 spiro atoms. The highest BCUT2D eigenvalue weighted by Crippen LogP contribution is 2.17. The third-order valence-corrected chi connectivity index (χ3v) is 6.43. The normalized spacial score (nSPS) is 12.9. The predicted molar refractivity (Wildman–Crippen MR) is 154 cm³/mol. The van der Waals surface area contributed by atoms with Crippen LogP contribution in [0.15, 0.2) is 86.0 Å². The lowest BCUT2D eigenvalue weighted by Gasteiger charge is -2.20. The van der Waals surface area contributed by atoms with Crippen LogP contribution in [0, 0.1) is 11.8 Å². The first-order chi connectivity index (χ1) is 19.0. The number of nitrogens with one attached hydrogen (secondary N) is 2. The van der Waals surface area contributed by atoms with Crippen molar-refractivity contribution in [2.24, 2.45) is 11.8 Å². The molecule has 0 saturated heterocycles. The Hall–Kier alpha value is -3.71. The number of carbonyl (C=O) groups excluding carboxylic acids is 3. The fraction of sp³-hybridized carbons (Fsp3) is 0.406. The summed E-state index contributed by atoms with van der Waals surface area (Å²) in [7, 11) is 0. The second kappa shape index (κ2) is 18.5. The summed E-state index contributed by atoms with van der Waals surface area (Å²) >= 11 is 0. The van der Waals surface area contributed by atoms with E-state index in [0.29, 0.717) is 25.7 Å². The fourth-order valence-electron chi connectivity index (χ4n) is 4.35. The summed E-state index contributed by atoms with van der Waals surface area (Å²) in [4.78, 5) is 38.2. The number of esters is 1. The summed E-state index contributed by atoms with van der Waals surface area (Å²) < 4.78 is 5.50. The third-order valence-electron chi connectivity index (χ3n) is 6.43. The molecule has 39 heavy (non-hydrogen) atoms. The molecule has 0 aliphatic rings. The number of ether oxygens (including phenoxy) is 1. The van der Waals surface area contributed by atoms with Gasteiger partial charge in [-0.1, -0.05) is 72.8 Å². The van der Waals surface area contributed by atoms with Crippen molar-refractivity contribution in [1.82, 2.24) is 10.6 Å². The highest BCUT2D eigenvalue weighted by molar-refractivity contribution is 5.86. The number of benzene rings is 2. The SMILES string of the molecule is C=CCCC[C@H](Cc1ccccc1)C(=O)OCCNC(=O)[C@H](CC=C)CC(=O)N[C@H](CO)Cc1ccccc1. The Morgan fingerprint density at radius 2 is 1.54 bits per heavy atom. The van der Waals surface area contributed by atoms with E-state index in [-0.39, 0.29) is 49.9 Å². The van der Waals surface area contributed by atoms with Crippen molar-refractivity contribution < 1.29 is 24.2 Å². The Kier molecular flexibility index (Phi) is 15.0. The molecule has 0 aromatic heterocycles. The second-order valence-corrected chi connectivity index (χ2v) is 9.63. The number of amides is 2. The van der Waals surface area contributed by atoms with Gasteiger partial charge in [0.15, 0.2) is 0 Å². The van der Waals surface area contributed by atoms with Crippen molar-refractivity contribution in [2.45, 2.75) is 51.0 Å². The number of unbranched alkanes of at least 4 members (excludes halogenated alkanes) is 1. The second-order valence-electron chi connectivity index (χ2n) is 9.63. The van der Waals surface area contributed by atoms with Crippen LogP contribution in [0.4, 0.5) is 0 Å². The minimum Gasteiger partial charge on any atom is -0.464 e. The van der Waals surface area contributed by atoms with Gasteiger partial charge in [0.1, 0.15) is 6.61 Å². The zero-order valence-electron chi connectivity index (χ0n) is 22.7. The van der Waals surface area contributed by atoms with Crippen LogP contribution in [0.1, 0.15) is 43.2 Å². The smallest absolute Gasteiger partial charge is 0.309 e. The Morgan fingerprint density at radius 1 is 0.897 bits per heavy atom. The van der Waals surface area contributed by atoms with Gasteiger partial charge in [-0.3, -0.25) is 14.4 Å². The molecule has 2 aromatic rings. The molecule has 7 heteroatoms. The minimum absolute atomic E-state index is 0.0363. The average Bonchev–Trinajstić information content (AvgIpc) is 2.95. The summed E-state index contributed by atoms with van der Waals surface area (Å²) in [6.07, 6.45) is 7.19. The van der Waals surface area contributed by atoms with E-state index < -0.39 is 12.0 Å². The van der Waals surface area contributed by atoms with Gasteiger partial charge >= 0.3 is 5.97 Å². The number of rotatable bonds is 19. The Morgan fingerprint density at radius 3 is 2.13 bits per heavy atom. The molecule has 2 rings (SSSR count). The summed E-state index contributed by atoms with van der Waals surface area (Å²) in [6.45, 7) is 7.44. The van der Waals surface area contributed by atoms with E-state index in [1.54, 1.807) is 6.08 Å². The first-order valence-corrected chi connectivity index (χ1v) is 13.6. The summed E-state index contributed by atoms with van der Waals surface area (Å²) in [5, 5.41) is 15.3. The summed E-state index contributed by atoms with van der Waals surface area (Å²) in [6, 6.07) is 19.0.